The van der Waals surface area contributed by atoms with Crippen LogP contribution in [0.25, 0.3) is 22.6 Å². The van der Waals surface area contributed by atoms with Crippen LogP contribution in [0.15, 0.2) is 47.4 Å². The van der Waals surface area contributed by atoms with E-state index in [2.05, 4.69) is 21.9 Å². The van der Waals surface area contributed by atoms with E-state index in [1.807, 2.05) is 12.1 Å². The standard InChI is InChI=1S/C28H35ClN4O5/c1-4-5-10-36-11-12-37-13-14-38-25-9-7-20(18-31-25)23-16-24(34)33-26(32-23)21-15-19(6-8-22(21)29)17-28(2,3)27(30)35/h6-9,15-16,18H,4-5,10-14,17H2,1-3H3,(H2,30,35)(H,32,33,34). The molecule has 38 heavy (non-hydrogen) atoms. The number of nitrogens with one attached hydrogen (secondary N) is 1. The zero-order valence-electron chi connectivity index (χ0n) is 22.1. The van der Waals surface area contributed by atoms with Crippen molar-refractivity contribution in [2.24, 2.45) is 11.1 Å². The number of primary amides is 1. The van der Waals surface area contributed by atoms with Gasteiger partial charge in [-0.15, -0.1) is 0 Å². The lowest BCUT2D eigenvalue weighted by atomic mass is 9.85. The van der Waals surface area contributed by atoms with Crippen LogP contribution in [0.4, 0.5) is 0 Å². The minimum Gasteiger partial charge on any atom is -0.475 e. The number of nitrogens with two attached hydrogens (primary N) is 1. The maximum atomic E-state index is 12.5. The van der Waals surface area contributed by atoms with Crippen LogP contribution in [0.5, 0.6) is 5.88 Å². The minimum atomic E-state index is -0.738. The molecule has 0 aliphatic carbocycles. The third-order valence-electron chi connectivity index (χ3n) is 5.86. The summed E-state index contributed by atoms with van der Waals surface area (Å²) in [5, 5.41) is 0.419. The SMILES string of the molecule is CCCCOCCOCCOc1ccc(-c2cc(=O)[nH]c(-c3cc(CC(C)(C)C(N)=O)ccc3Cl)n2)cn1. The average molecular weight is 543 g/mol. The molecule has 0 spiro atoms. The van der Waals surface area contributed by atoms with E-state index in [1.165, 1.54) is 6.07 Å². The monoisotopic (exact) mass is 542 g/mol. The summed E-state index contributed by atoms with van der Waals surface area (Å²) in [6, 6.07) is 10.2. The Kier molecular flexibility index (Phi) is 10.8. The van der Waals surface area contributed by atoms with Gasteiger partial charge in [-0.2, -0.15) is 0 Å². The molecule has 3 aromatic rings. The third kappa shape index (κ3) is 8.65. The van der Waals surface area contributed by atoms with Crippen molar-refractivity contribution in [2.75, 3.05) is 33.0 Å². The number of hydrogen-bond acceptors (Lipinski definition) is 7. The molecule has 2 aromatic heterocycles. The lowest BCUT2D eigenvalue weighted by Crippen LogP contribution is -2.33. The Hall–Kier alpha value is -3.27. The first-order valence-electron chi connectivity index (χ1n) is 12.6. The fourth-order valence-electron chi connectivity index (χ4n) is 3.59. The summed E-state index contributed by atoms with van der Waals surface area (Å²) in [5.74, 6) is 0.351. The van der Waals surface area contributed by atoms with E-state index in [0.717, 1.165) is 25.0 Å². The normalized spacial score (nSPS) is 11.5. The quantitative estimate of drug-likeness (QED) is 0.272. The van der Waals surface area contributed by atoms with E-state index in [-0.39, 0.29) is 5.56 Å². The van der Waals surface area contributed by atoms with Crippen LogP contribution in [-0.2, 0) is 20.7 Å². The van der Waals surface area contributed by atoms with Gasteiger partial charge in [0, 0.05) is 41.5 Å². The lowest BCUT2D eigenvalue weighted by molar-refractivity contribution is -0.125. The van der Waals surface area contributed by atoms with Crippen molar-refractivity contribution in [3.63, 3.8) is 0 Å². The number of amides is 1. The Morgan fingerprint density at radius 2 is 1.79 bits per heavy atom. The molecule has 2 heterocycles. The molecule has 1 aromatic carbocycles. The van der Waals surface area contributed by atoms with Crippen LogP contribution >= 0.6 is 11.6 Å². The molecule has 3 N–H and O–H groups in total. The summed E-state index contributed by atoms with van der Waals surface area (Å²) >= 11 is 6.44. The van der Waals surface area contributed by atoms with Gasteiger partial charge in [0.25, 0.3) is 5.56 Å². The number of aromatic amines is 1. The molecule has 0 unspecified atom stereocenters. The van der Waals surface area contributed by atoms with Crippen LogP contribution in [0.3, 0.4) is 0 Å². The van der Waals surface area contributed by atoms with Crippen molar-refractivity contribution < 1.29 is 19.0 Å². The summed E-state index contributed by atoms with van der Waals surface area (Å²) in [6.07, 6.45) is 4.17. The molecular weight excluding hydrogens is 508 g/mol. The molecule has 0 aliphatic heterocycles. The Bertz CT molecular complexity index is 1260. The predicted octanol–water partition coefficient (Wildman–Crippen LogP) is 4.42. The number of carbonyl (C=O) groups excluding carboxylic acids is 1. The highest BCUT2D eigenvalue weighted by atomic mass is 35.5. The Balaban J connectivity index is 1.65. The topological polar surface area (TPSA) is 129 Å². The van der Waals surface area contributed by atoms with Gasteiger partial charge in [-0.3, -0.25) is 9.59 Å². The van der Waals surface area contributed by atoms with E-state index >= 15 is 0 Å². The van der Waals surface area contributed by atoms with Gasteiger partial charge < -0.3 is 24.9 Å². The fourth-order valence-corrected chi connectivity index (χ4v) is 3.79. The first kappa shape index (κ1) is 29.3. The molecule has 0 saturated heterocycles. The molecule has 0 fully saturated rings. The van der Waals surface area contributed by atoms with Crippen LogP contribution in [0.1, 0.15) is 39.2 Å². The predicted molar refractivity (Wildman–Crippen MR) is 147 cm³/mol. The second-order valence-electron chi connectivity index (χ2n) is 9.53. The summed E-state index contributed by atoms with van der Waals surface area (Å²) in [6.45, 7) is 8.31. The van der Waals surface area contributed by atoms with Gasteiger partial charge in [-0.1, -0.05) is 44.9 Å². The maximum Gasteiger partial charge on any atom is 0.251 e. The zero-order chi connectivity index (χ0) is 27.5. The molecule has 0 bridgehead atoms. The number of nitrogens with zero attached hydrogens (tertiary/aromatic N) is 2. The van der Waals surface area contributed by atoms with Crippen LogP contribution < -0.4 is 16.0 Å². The zero-order valence-corrected chi connectivity index (χ0v) is 22.8. The molecule has 10 heteroatoms. The van der Waals surface area contributed by atoms with Crippen LogP contribution in [0.2, 0.25) is 5.02 Å². The van der Waals surface area contributed by atoms with Crippen molar-refractivity contribution in [3.05, 3.63) is 63.5 Å². The fraction of sp³-hybridized carbons (Fsp3) is 0.429. The van der Waals surface area contributed by atoms with Crippen molar-refractivity contribution in [1.82, 2.24) is 15.0 Å². The molecule has 204 valence electrons. The summed E-state index contributed by atoms with van der Waals surface area (Å²) in [4.78, 5) is 35.9. The smallest absolute Gasteiger partial charge is 0.251 e. The van der Waals surface area contributed by atoms with Gasteiger partial charge in [0.1, 0.15) is 12.4 Å². The first-order chi connectivity index (χ1) is 18.2. The number of carbonyl (C=O) groups is 1. The van der Waals surface area contributed by atoms with Gasteiger partial charge in [0.2, 0.25) is 11.8 Å². The Labute approximate surface area is 227 Å². The highest BCUT2D eigenvalue weighted by Crippen LogP contribution is 2.30. The Morgan fingerprint density at radius 1 is 1.05 bits per heavy atom. The third-order valence-corrected chi connectivity index (χ3v) is 6.19. The number of H-pyrrole nitrogens is 1. The highest BCUT2D eigenvalue weighted by Gasteiger charge is 2.25. The van der Waals surface area contributed by atoms with Gasteiger partial charge in [0.15, 0.2) is 0 Å². The molecule has 9 nitrogen and oxygen atoms in total. The summed E-state index contributed by atoms with van der Waals surface area (Å²) in [7, 11) is 0. The number of pyridine rings is 1. The molecule has 1 amide bonds. The van der Waals surface area contributed by atoms with Gasteiger partial charge in [-0.05, 0) is 36.6 Å². The van der Waals surface area contributed by atoms with Crippen molar-refractivity contribution in [2.45, 2.75) is 40.0 Å². The van der Waals surface area contributed by atoms with Gasteiger partial charge >= 0.3 is 0 Å². The minimum absolute atomic E-state index is 0.312. The number of rotatable bonds is 15. The number of hydrogen-bond donors (Lipinski definition) is 2. The van der Waals surface area contributed by atoms with E-state index in [1.54, 1.807) is 38.2 Å². The van der Waals surface area contributed by atoms with E-state index in [9.17, 15) is 9.59 Å². The van der Waals surface area contributed by atoms with Crippen molar-refractivity contribution >= 4 is 17.5 Å². The summed E-state index contributed by atoms with van der Waals surface area (Å²) in [5.41, 5.74) is 6.93. The Morgan fingerprint density at radius 3 is 2.47 bits per heavy atom. The van der Waals surface area contributed by atoms with Crippen molar-refractivity contribution in [1.29, 1.82) is 0 Å². The molecule has 0 aliphatic rings. The summed E-state index contributed by atoms with van der Waals surface area (Å²) < 4.78 is 16.6. The second-order valence-corrected chi connectivity index (χ2v) is 9.94. The number of ether oxygens (including phenoxy) is 3. The lowest BCUT2D eigenvalue weighted by Gasteiger charge is -2.20. The largest absolute Gasteiger partial charge is 0.475 e. The number of halogens is 1. The van der Waals surface area contributed by atoms with E-state index in [0.29, 0.717) is 66.4 Å². The second kappa shape index (κ2) is 14.0. The van der Waals surface area contributed by atoms with E-state index < -0.39 is 11.3 Å². The van der Waals surface area contributed by atoms with Gasteiger partial charge in [-0.25, -0.2) is 9.97 Å². The van der Waals surface area contributed by atoms with Crippen molar-refractivity contribution in [3.8, 4) is 28.5 Å². The van der Waals surface area contributed by atoms with Crippen LogP contribution in [0, 0.1) is 5.41 Å². The molecule has 0 atom stereocenters. The number of benzene rings is 1. The molecule has 0 radical (unpaired) electrons. The molecule has 0 saturated carbocycles. The maximum absolute atomic E-state index is 12.5. The van der Waals surface area contributed by atoms with Crippen LogP contribution in [-0.4, -0.2) is 53.9 Å². The number of aromatic nitrogens is 3. The highest BCUT2D eigenvalue weighted by molar-refractivity contribution is 6.33. The van der Waals surface area contributed by atoms with Gasteiger partial charge in [0.05, 0.1) is 30.5 Å². The molecular formula is C28H35ClN4O5. The van der Waals surface area contributed by atoms with E-state index in [4.69, 9.17) is 31.5 Å². The molecule has 3 rings (SSSR count). The number of unbranched alkanes of at least 4 members (excludes halogenated alkanes) is 1. The average Bonchev–Trinajstić information content (AvgIpc) is 2.88. The first-order valence-corrected chi connectivity index (χ1v) is 13.0.